The van der Waals surface area contributed by atoms with E-state index in [4.69, 9.17) is 0 Å². The van der Waals surface area contributed by atoms with Gasteiger partial charge in [-0.2, -0.15) is 23.3 Å². The van der Waals surface area contributed by atoms with Crippen molar-refractivity contribution in [1.82, 2.24) is 5.01 Å². The van der Waals surface area contributed by atoms with Crippen LogP contribution in [0.25, 0.3) is 0 Å². The van der Waals surface area contributed by atoms with E-state index in [1.807, 2.05) is 6.92 Å². The quantitative estimate of drug-likeness (QED) is 0.887. The molecule has 0 radical (unpaired) electrons. The van der Waals surface area contributed by atoms with E-state index < -0.39 is 24.2 Å². The van der Waals surface area contributed by atoms with Crippen LogP contribution in [-0.4, -0.2) is 33.6 Å². The van der Waals surface area contributed by atoms with Crippen LogP contribution in [0.5, 0.6) is 0 Å². The van der Waals surface area contributed by atoms with Gasteiger partial charge in [0.15, 0.2) is 0 Å². The van der Waals surface area contributed by atoms with E-state index in [0.29, 0.717) is 11.1 Å². The second kappa shape index (κ2) is 6.81. The number of carbonyl (C=O) groups excluding carboxylic acids is 1. The molecule has 2 aromatic rings. The highest BCUT2D eigenvalue weighted by Crippen LogP contribution is 2.41. The molecular formula is C20H19F3N2O2. The highest BCUT2D eigenvalue weighted by atomic mass is 19.4. The van der Waals surface area contributed by atoms with Crippen LogP contribution >= 0.6 is 0 Å². The van der Waals surface area contributed by atoms with E-state index in [-0.39, 0.29) is 17.1 Å². The van der Waals surface area contributed by atoms with Crippen LogP contribution in [-0.2, 0) is 11.2 Å². The first-order chi connectivity index (χ1) is 12.6. The molecule has 0 fully saturated rings. The summed E-state index contributed by atoms with van der Waals surface area (Å²) in [6.45, 7) is 3.62. The van der Waals surface area contributed by atoms with E-state index in [0.717, 1.165) is 11.1 Å². The molecule has 0 saturated heterocycles. The average molecular weight is 376 g/mol. The largest absolute Gasteiger partial charge is 0.438 e. The van der Waals surface area contributed by atoms with Gasteiger partial charge in [-0.15, -0.1) is 0 Å². The van der Waals surface area contributed by atoms with Crippen molar-refractivity contribution < 1.29 is 23.1 Å². The second-order valence-electron chi connectivity index (χ2n) is 6.71. The van der Waals surface area contributed by atoms with Crippen molar-refractivity contribution in [3.05, 3.63) is 70.8 Å². The molecule has 2 aromatic carbocycles. The zero-order valence-corrected chi connectivity index (χ0v) is 14.9. The van der Waals surface area contributed by atoms with Gasteiger partial charge in [0, 0.05) is 0 Å². The number of hydrazone groups is 1. The lowest BCUT2D eigenvalue weighted by atomic mass is 9.99. The van der Waals surface area contributed by atoms with Gasteiger partial charge in [-0.3, -0.25) is 4.79 Å². The Kier molecular flexibility index (Phi) is 4.82. The maximum atomic E-state index is 13.6. The SMILES string of the molecule is Cc1ccc(C2=NN(C(=O)Cc3ccccc3C)C(O)(C(F)(F)F)C2)cc1. The minimum absolute atomic E-state index is 0.0213. The molecule has 0 saturated carbocycles. The Labute approximate surface area is 154 Å². The maximum Gasteiger partial charge on any atom is 0.438 e. The third-order valence-electron chi connectivity index (χ3n) is 4.66. The van der Waals surface area contributed by atoms with Crippen molar-refractivity contribution in [2.75, 3.05) is 0 Å². The summed E-state index contributed by atoms with van der Waals surface area (Å²) in [5.74, 6) is -0.911. The molecule has 1 aliphatic heterocycles. The van der Waals surface area contributed by atoms with Gasteiger partial charge in [0.05, 0.1) is 18.6 Å². The second-order valence-corrected chi connectivity index (χ2v) is 6.71. The van der Waals surface area contributed by atoms with E-state index in [1.165, 1.54) is 0 Å². The first kappa shape index (κ1) is 19.1. The van der Waals surface area contributed by atoms with Crippen LogP contribution < -0.4 is 0 Å². The molecule has 142 valence electrons. The smallest absolute Gasteiger partial charge is 0.362 e. The van der Waals surface area contributed by atoms with Gasteiger partial charge in [-0.25, -0.2) is 0 Å². The molecule has 1 atom stereocenters. The van der Waals surface area contributed by atoms with Crippen LogP contribution in [0, 0.1) is 13.8 Å². The lowest BCUT2D eigenvalue weighted by Crippen LogP contribution is -2.57. The molecule has 3 rings (SSSR count). The summed E-state index contributed by atoms with van der Waals surface area (Å²) >= 11 is 0. The zero-order valence-electron chi connectivity index (χ0n) is 14.9. The number of benzene rings is 2. The molecule has 0 aromatic heterocycles. The number of halogens is 3. The standard InChI is InChI=1S/C20H19F3N2O2/c1-13-7-9-15(10-8-13)17-12-19(27,20(21,22)23)25(24-17)18(26)11-16-6-4-3-5-14(16)2/h3-10,27H,11-12H2,1-2H3. The zero-order chi connectivity index (χ0) is 19.8. The van der Waals surface area contributed by atoms with Crippen LogP contribution in [0.4, 0.5) is 13.2 Å². The lowest BCUT2D eigenvalue weighted by Gasteiger charge is -2.32. The van der Waals surface area contributed by atoms with E-state index >= 15 is 0 Å². The predicted molar refractivity (Wildman–Crippen MR) is 95.1 cm³/mol. The Bertz CT molecular complexity index is 891. The first-order valence-electron chi connectivity index (χ1n) is 8.43. The number of hydrogen-bond acceptors (Lipinski definition) is 3. The summed E-state index contributed by atoms with van der Waals surface area (Å²) < 4.78 is 40.8. The monoisotopic (exact) mass is 376 g/mol. The first-order valence-corrected chi connectivity index (χ1v) is 8.43. The fraction of sp³-hybridized carbons (Fsp3) is 0.300. The molecule has 4 nitrogen and oxygen atoms in total. The maximum absolute atomic E-state index is 13.6. The van der Waals surface area contributed by atoms with Crippen molar-refractivity contribution in [2.24, 2.45) is 5.10 Å². The average Bonchev–Trinajstić information content (AvgIpc) is 2.96. The normalized spacial score (nSPS) is 19.9. The molecular weight excluding hydrogens is 357 g/mol. The van der Waals surface area contributed by atoms with Crippen molar-refractivity contribution in [3.8, 4) is 0 Å². The van der Waals surface area contributed by atoms with Gasteiger partial charge in [0.2, 0.25) is 5.91 Å². The number of aliphatic hydroxyl groups is 1. The van der Waals surface area contributed by atoms with Gasteiger partial charge in [-0.1, -0.05) is 54.1 Å². The van der Waals surface area contributed by atoms with Crippen LogP contribution in [0.2, 0.25) is 0 Å². The van der Waals surface area contributed by atoms with Crippen molar-refractivity contribution in [3.63, 3.8) is 0 Å². The summed E-state index contributed by atoms with van der Waals surface area (Å²) in [7, 11) is 0. The number of hydrogen-bond donors (Lipinski definition) is 1. The molecule has 1 amide bonds. The highest BCUT2D eigenvalue weighted by molar-refractivity contribution is 6.03. The third kappa shape index (κ3) is 3.60. The summed E-state index contributed by atoms with van der Waals surface area (Å²) in [6.07, 6.45) is -6.13. The van der Waals surface area contributed by atoms with Gasteiger partial charge >= 0.3 is 6.18 Å². The molecule has 7 heteroatoms. The van der Waals surface area contributed by atoms with Gasteiger partial charge in [0.25, 0.3) is 5.72 Å². The number of aryl methyl sites for hydroxylation is 2. The number of carbonyl (C=O) groups is 1. The third-order valence-corrected chi connectivity index (χ3v) is 4.66. The summed E-state index contributed by atoms with van der Waals surface area (Å²) in [5, 5.41) is 14.4. The topological polar surface area (TPSA) is 52.9 Å². The van der Waals surface area contributed by atoms with E-state index in [1.54, 1.807) is 55.5 Å². The van der Waals surface area contributed by atoms with Gasteiger partial charge < -0.3 is 5.11 Å². The molecule has 0 aliphatic carbocycles. The van der Waals surface area contributed by atoms with Crippen LogP contribution in [0.15, 0.2) is 53.6 Å². The van der Waals surface area contributed by atoms with Crippen LogP contribution in [0.1, 0.15) is 28.7 Å². The van der Waals surface area contributed by atoms with Gasteiger partial charge in [-0.05, 0) is 30.5 Å². The van der Waals surface area contributed by atoms with E-state index in [9.17, 15) is 23.1 Å². The Balaban J connectivity index is 1.96. The summed E-state index contributed by atoms with van der Waals surface area (Å²) in [5.41, 5.74) is -0.583. The summed E-state index contributed by atoms with van der Waals surface area (Å²) in [4.78, 5) is 12.6. The lowest BCUT2D eigenvalue weighted by molar-refractivity contribution is -0.302. The van der Waals surface area contributed by atoms with Gasteiger partial charge in [0.1, 0.15) is 0 Å². The Morgan fingerprint density at radius 2 is 1.78 bits per heavy atom. The molecule has 1 heterocycles. The molecule has 0 bridgehead atoms. The van der Waals surface area contributed by atoms with Crippen LogP contribution in [0.3, 0.4) is 0 Å². The molecule has 1 N–H and O–H groups in total. The fourth-order valence-corrected chi connectivity index (χ4v) is 2.98. The minimum Gasteiger partial charge on any atom is -0.362 e. The number of amides is 1. The predicted octanol–water partition coefficient (Wildman–Crippen LogP) is 3.73. The van der Waals surface area contributed by atoms with Crippen molar-refractivity contribution in [2.45, 2.75) is 38.6 Å². The van der Waals surface area contributed by atoms with Crippen molar-refractivity contribution in [1.29, 1.82) is 0 Å². The Morgan fingerprint density at radius 3 is 2.37 bits per heavy atom. The van der Waals surface area contributed by atoms with Crippen molar-refractivity contribution >= 4 is 11.6 Å². The summed E-state index contributed by atoms with van der Waals surface area (Å²) in [6, 6.07) is 13.6. The number of rotatable bonds is 3. The molecule has 1 aliphatic rings. The number of nitrogens with zero attached hydrogens (tertiary/aromatic N) is 2. The fourth-order valence-electron chi connectivity index (χ4n) is 2.98. The Morgan fingerprint density at radius 1 is 1.15 bits per heavy atom. The van der Waals surface area contributed by atoms with E-state index in [2.05, 4.69) is 5.10 Å². The highest BCUT2D eigenvalue weighted by Gasteiger charge is 2.63. The Hall–Kier alpha value is -2.67. The minimum atomic E-state index is -5.04. The molecule has 0 spiro atoms. The molecule has 1 unspecified atom stereocenters. The number of alkyl halides is 3. The molecule has 27 heavy (non-hydrogen) atoms.